The summed E-state index contributed by atoms with van der Waals surface area (Å²) in [5.41, 5.74) is 2.64. The molecule has 29 heavy (non-hydrogen) atoms. The summed E-state index contributed by atoms with van der Waals surface area (Å²) < 4.78 is 12.4. The van der Waals surface area contributed by atoms with Gasteiger partial charge in [0.25, 0.3) is 5.91 Å². The molecule has 4 rings (SSSR count). The first-order chi connectivity index (χ1) is 14.1. The molecule has 1 unspecified atom stereocenters. The third-order valence-electron chi connectivity index (χ3n) is 4.67. The Morgan fingerprint density at radius 3 is 2.79 bits per heavy atom. The fraction of sp³-hybridized carbons (Fsp3) is 0.190. The number of hydrogen-bond acceptors (Lipinski definition) is 6. The van der Waals surface area contributed by atoms with Gasteiger partial charge in [0.15, 0.2) is 5.65 Å². The average molecular weight is 408 g/mol. The topological polar surface area (TPSA) is 77.8 Å². The predicted molar refractivity (Wildman–Crippen MR) is 112 cm³/mol. The highest BCUT2D eigenvalue weighted by Crippen LogP contribution is 2.30. The number of ether oxygens (including phenoxy) is 2. The normalized spacial score (nSPS) is 12.0. The third kappa shape index (κ3) is 3.54. The minimum Gasteiger partial charge on any atom is -0.497 e. The second-order valence-corrected chi connectivity index (χ2v) is 7.35. The van der Waals surface area contributed by atoms with Crippen molar-refractivity contribution in [3.05, 3.63) is 65.3 Å². The fourth-order valence-electron chi connectivity index (χ4n) is 3.19. The molecule has 8 heteroatoms. The van der Waals surface area contributed by atoms with Crippen molar-refractivity contribution in [1.29, 1.82) is 0 Å². The smallest absolute Gasteiger partial charge is 0.257 e. The molecule has 1 atom stereocenters. The number of nitrogens with one attached hydrogen (secondary N) is 1. The number of carbonyl (C=O) groups excluding carboxylic acids is 1. The Bertz CT molecular complexity index is 1150. The summed E-state index contributed by atoms with van der Waals surface area (Å²) in [4.78, 5) is 18.4. The van der Waals surface area contributed by atoms with Gasteiger partial charge >= 0.3 is 0 Å². The van der Waals surface area contributed by atoms with E-state index in [1.54, 1.807) is 42.5 Å². The summed E-state index contributed by atoms with van der Waals surface area (Å²) >= 11 is 1.61. The van der Waals surface area contributed by atoms with Gasteiger partial charge in [-0.05, 0) is 42.6 Å². The van der Waals surface area contributed by atoms with Crippen molar-refractivity contribution in [2.45, 2.75) is 13.0 Å². The number of methoxy groups -OCH3 is 2. The van der Waals surface area contributed by atoms with Crippen LogP contribution in [-0.2, 0) is 0 Å². The van der Waals surface area contributed by atoms with Crippen molar-refractivity contribution >= 4 is 22.9 Å². The van der Waals surface area contributed by atoms with Crippen LogP contribution in [0.15, 0.2) is 54.2 Å². The second kappa shape index (κ2) is 7.92. The largest absolute Gasteiger partial charge is 0.497 e. The Morgan fingerprint density at radius 2 is 2.07 bits per heavy atom. The van der Waals surface area contributed by atoms with Crippen LogP contribution in [0, 0.1) is 0 Å². The molecule has 1 N–H and O–H groups in total. The van der Waals surface area contributed by atoms with E-state index in [9.17, 15) is 4.79 Å². The first-order valence-corrected chi connectivity index (χ1v) is 9.89. The van der Waals surface area contributed by atoms with Crippen molar-refractivity contribution in [2.75, 3.05) is 14.2 Å². The van der Waals surface area contributed by atoms with Crippen LogP contribution in [0.4, 0.5) is 0 Å². The molecule has 0 aliphatic carbocycles. The van der Waals surface area contributed by atoms with Crippen LogP contribution < -0.4 is 14.8 Å². The lowest BCUT2D eigenvalue weighted by Gasteiger charge is -2.18. The average Bonchev–Trinajstić information content (AvgIpc) is 3.43. The van der Waals surface area contributed by atoms with Crippen LogP contribution in [0.5, 0.6) is 11.5 Å². The second-order valence-electron chi connectivity index (χ2n) is 6.40. The number of fused-ring (bicyclic) bond motifs is 1. The highest BCUT2D eigenvalue weighted by molar-refractivity contribution is 7.13. The molecule has 0 spiro atoms. The number of aromatic nitrogens is 3. The zero-order valence-corrected chi connectivity index (χ0v) is 17.1. The van der Waals surface area contributed by atoms with E-state index in [1.165, 1.54) is 0 Å². The molecule has 148 valence electrons. The lowest BCUT2D eigenvalue weighted by molar-refractivity contribution is 0.0941. The highest BCUT2D eigenvalue weighted by Gasteiger charge is 2.20. The number of benzene rings is 1. The van der Waals surface area contributed by atoms with Gasteiger partial charge in [-0.15, -0.1) is 11.3 Å². The molecular weight excluding hydrogens is 388 g/mol. The van der Waals surface area contributed by atoms with Crippen LogP contribution in [-0.4, -0.2) is 34.7 Å². The quantitative estimate of drug-likeness (QED) is 0.522. The van der Waals surface area contributed by atoms with E-state index in [-0.39, 0.29) is 11.9 Å². The molecule has 7 nitrogen and oxygen atoms in total. The Kier molecular flexibility index (Phi) is 5.18. The standard InChI is InChI=1S/C21H20N4O3S/c1-13(15-11-14(27-2)6-7-18(15)28-3)24-21(26)16-12-23-25-17(8-9-22-20(16)25)19-5-4-10-29-19/h4-13H,1-3H3,(H,24,26). The number of amides is 1. The maximum Gasteiger partial charge on any atom is 0.257 e. The lowest BCUT2D eigenvalue weighted by atomic mass is 10.1. The number of thiophene rings is 1. The van der Waals surface area contributed by atoms with Crippen molar-refractivity contribution in [2.24, 2.45) is 0 Å². The number of nitrogens with zero attached hydrogens (tertiary/aromatic N) is 3. The van der Waals surface area contributed by atoms with Crippen LogP contribution in [0.1, 0.15) is 28.9 Å². The minimum atomic E-state index is -0.303. The van der Waals surface area contributed by atoms with Crippen LogP contribution >= 0.6 is 11.3 Å². The highest BCUT2D eigenvalue weighted by atomic mass is 32.1. The molecule has 0 bridgehead atoms. The molecule has 0 saturated heterocycles. The summed E-state index contributed by atoms with van der Waals surface area (Å²) in [7, 11) is 3.20. The molecule has 0 aliphatic heterocycles. The molecule has 0 saturated carbocycles. The van der Waals surface area contributed by atoms with Crippen molar-refractivity contribution < 1.29 is 14.3 Å². The van der Waals surface area contributed by atoms with Crippen LogP contribution in [0.3, 0.4) is 0 Å². The van der Waals surface area contributed by atoms with E-state index >= 15 is 0 Å². The molecule has 3 heterocycles. The Balaban J connectivity index is 1.64. The van der Waals surface area contributed by atoms with Gasteiger partial charge in [0, 0.05) is 11.8 Å². The first-order valence-electron chi connectivity index (χ1n) is 9.01. The summed E-state index contributed by atoms with van der Waals surface area (Å²) in [6, 6.07) is 11.1. The maximum atomic E-state index is 13.0. The summed E-state index contributed by atoms with van der Waals surface area (Å²) in [6.45, 7) is 1.89. The van der Waals surface area contributed by atoms with Gasteiger partial charge in [0.2, 0.25) is 0 Å². The van der Waals surface area contributed by atoms with Gasteiger partial charge in [0.1, 0.15) is 17.1 Å². The SMILES string of the molecule is COc1ccc(OC)c(C(C)NC(=O)c2cnn3c(-c4cccs4)ccnc23)c1. The zero-order valence-electron chi connectivity index (χ0n) is 16.2. The minimum absolute atomic E-state index is 0.256. The lowest BCUT2D eigenvalue weighted by Crippen LogP contribution is -2.27. The summed E-state index contributed by atoms with van der Waals surface area (Å²) in [6.07, 6.45) is 3.24. The van der Waals surface area contributed by atoms with Gasteiger partial charge in [0.05, 0.1) is 37.0 Å². The monoisotopic (exact) mass is 408 g/mol. The van der Waals surface area contributed by atoms with Crippen molar-refractivity contribution in [1.82, 2.24) is 19.9 Å². The molecule has 3 aromatic heterocycles. The third-order valence-corrected chi connectivity index (χ3v) is 5.56. The molecule has 4 aromatic rings. The van der Waals surface area contributed by atoms with Gasteiger partial charge in [-0.3, -0.25) is 4.79 Å². The van der Waals surface area contributed by atoms with Crippen molar-refractivity contribution in [3.63, 3.8) is 0 Å². The van der Waals surface area contributed by atoms with Gasteiger partial charge in [-0.25, -0.2) is 9.50 Å². The Hall–Kier alpha value is -3.39. The van der Waals surface area contributed by atoms with Gasteiger partial charge < -0.3 is 14.8 Å². The Labute approximate surface area is 171 Å². The van der Waals surface area contributed by atoms with Gasteiger partial charge in [-0.1, -0.05) is 6.07 Å². The summed E-state index contributed by atoms with van der Waals surface area (Å²) in [5, 5.41) is 9.40. The molecule has 0 aliphatic rings. The van der Waals surface area contributed by atoms with Gasteiger partial charge in [-0.2, -0.15) is 5.10 Å². The number of hydrogen-bond donors (Lipinski definition) is 1. The van der Waals surface area contributed by atoms with Crippen molar-refractivity contribution in [3.8, 4) is 22.1 Å². The van der Waals surface area contributed by atoms with E-state index in [0.29, 0.717) is 22.7 Å². The maximum absolute atomic E-state index is 13.0. The Morgan fingerprint density at radius 1 is 1.21 bits per heavy atom. The predicted octanol–water partition coefficient (Wildman–Crippen LogP) is 3.97. The zero-order chi connectivity index (χ0) is 20.4. The van der Waals surface area contributed by atoms with E-state index in [1.807, 2.05) is 48.7 Å². The van der Waals surface area contributed by atoms with Crippen LogP contribution in [0.25, 0.3) is 16.2 Å². The molecule has 1 aromatic carbocycles. The molecule has 1 amide bonds. The number of rotatable bonds is 6. The molecular formula is C21H20N4O3S. The van der Waals surface area contributed by atoms with E-state index in [4.69, 9.17) is 9.47 Å². The van der Waals surface area contributed by atoms with E-state index in [2.05, 4.69) is 15.4 Å². The fourth-order valence-corrected chi connectivity index (χ4v) is 3.93. The molecule has 0 radical (unpaired) electrons. The van der Waals surface area contributed by atoms with E-state index in [0.717, 1.165) is 16.1 Å². The first kappa shape index (κ1) is 18.9. The molecule has 0 fully saturated rings. The number of carbonyl (C=O) groups is 1. The van der Waals surface area contributed by atoms with Crippen LogP contribution in [0.2, 0.25) is 0 Å². The summed E-state index contributed by atoms with van der Waals surface area (Å²) in [5.74, 6) is 1.12. The van der Waals surface area contributed by atoms with E-state index < -0.39 is 0 Å².